The van der Waals surface area contributed by atoms with Gasteiger partial charge >= 0.3 is 59.1 Å². The van der Waals surface area contributed by atoms with Gasteiger partial charge in [-0.15, -0.1) is 0 Å². The van der Waals surface area contributed by atoms with Gasteiger partial charge in [-0.1, -0.05) is 0 Å². The van der Waals surface area contributed by atoms with Gasteiger partial charge < -0.3 is 9.11 Å². The molecule has 28 heavy (non-hydrogen) atoms. The molecule has 0 unspecified atom stereocenters. The molecule has 142 valence electrons. The summed E-state index contributed by atoms with van der Waals surface area (Å²) in [5.74, 6) is -7.35. The molecule has 0 atom stereocenters. The average molecular weight is 588 g/mol. The second-order valence-corrected chi connectivity index (χ2v) is 8.97. The molecule has 0 aromatic heterocycles. The molecule has 0 spiro atoms. The predicted octanol–water partition coefficient (Wildman–Crippen LogP) is -2.75. The van der Waals surface area contributed by atoms with Gasteiger partial charge in [0.1, 0.15) is 41.7 Å². The Balaban J connectivity index is 0.00000364. The van der Waals surface area contributed by atoms with Gasteiger partial charge in [0.05, 0.1) is 8.95 Å². The third-order valence-electron chi connectivity index (χ3n) is 3.01. The Bertz CT molecular complexity index is 1070. The Morgan fingerprint density at radius 2 is 0.929 bits per heavy atom. The summed E-state index contributed by atoms with van der Waals surface area (Å²) in [5, 5.41) is 0. The molecule has 0 saturated carbocycles. The summed E-state index contributed by atoms with van der Waals surface area (Å²) in [6, 6.07) is 0.500. The van der Waals surface area contributed by atoms with E-state index in [-0.39, 0.29) is 71.2 Å². The Labute approximate surface area is 217 Å². The summed E-state index contributed by atoms with van der Waals surface area (Å²) >= 11 is 4.85. The molecule has 2 aromatic carbocycles. The fourth-order valence-electron chi connectivity index (χ4n) is 2.08. The van der Waals surface area contributed by atoms with Gasteiger partial charge in [0.2, 0.25) is 0 Å². The third-order valence-corrected chi connectivity index (χ3v) is 5.93. The maximum absolute atomic E-state index is 14.3. The van der Waals surface area contributed by atoms with Crippen LogP contribution in [0.1, 0.15) is 0 Å². The minimum atomic E-state index is -5.85. The minimum Gasteiger partial charge on any atom is -0.744 e. The van der Waals surface area contributed by atoms with Gasteiger partial charge in [-0.2, -0.15) is 0 Å². The van der Waals surface area contributed by atoms with Gasteiger partial charge in [0, 0.05) is 11.1 Å². The van der Waals surface area contributed by atoms with Crippen LogP contribution in [0.4, 0.5) is 17.6 Å². The first kappa shape index (κ1) is 28.9. The normalized spacial score (nSPS) is 11.6. The van der Waals surface area contributed by atoms with Gasteiger partial charge in [-0.05, 0) is 44.0 Å². The van der Waals surface area contributed by atoms with Crippen LogP contribution >= 0.6 is 31.9 Å². The van der Waals surface area contributed by atoms with Crippen LogP contribution in [0.25, 0.3) is 11.1 Å². The van der Waals surface area contributed by atoms with E-state index >= 15 is 0 Å². The van der Waals surface area contributed by atoms with Crippen LogP contribution in [0, 0.1) is 23.3 Å². The van der Waals surface area contributed by atoms with Crippen molar-refractivity contribution in [3.05, 3.63) is 44.3 Å². The van der Waals surface area contributed by atoms with Crippen molar-refractivity contribution >= 4 is 52.1 Å². The van der Waals surface area contributed by atoms with Crippen LogP contribution in [0.15, 0.2) is 30.9 Å². The summed E-state index contributed by atoms with van der Waals surface area (Å²) in [7, 11) is -11.7. The molecule has 2 rings (SSSR count). The molecule has 2 aromatic rings. The van der Waals surface area contributed by atoms with E-state index < -0.39 is 73.4 Å². The van der Waals surface area contributed by atoms with Crippen molar-refractivity contribution in [2.24, 2.45) is 0 Å². The second kappa shape index (κ2) is 10.0. The van der Waals surface area contributed by atoms with E-state index in [1.165, 1.54) is 0 Å². The number of benzene rings is 2. The molecular weight excluding hydrogens is 586 g/mol. The zero-order valence-electron chi connectivity index (χ0n) is 13.7. The molecule has 0 radical (unpaired) electrons. The summed E-state index contributed by atoms with van der Waals surface area (Å²) in [6.07, 6.45) is 0. The summed E-state index contributed by atoms with van der Waals surface area (Å²) < 4.78 is 123. The first-order valence-corrected chi connectivity index (χ1v) is 10.3. The standard InChI is InChI=1S/C12H4Br2F4O6S2.2Na/c13-3-1-5(15)7(11(9(3)17)25(19,20)21)8-6(16)2-4(14)10(18)12(8)26(22,23)24;;/h1-2H,(H,19,20,21)(H,22,23,24);;/q;2*+1/p-2. The number of hydrogen-bond acceptors (Lipinski definition) is 6. The molecule has 0 aliphatic rings. The third kappa shape index (κ3) is 5.59. The van der Waals surface area contributed by atoms with Crippen LogP contribution in [0.5, 0.6) is 0 Å². The van der Waals surface area contributed by atoms with E-state index in [1.807, 2.05) is 0 Å². The van der Waals surface area contributed by atoms with Crippen molar-refractivity contribution in [2.75, 3.05) is 0 Å². The number of rotatable bonds is 3. The fraction of sp³-hybridized carbons (Fsp3) is 0. The Morgan fingerprint density at radius 3 is 1.14 bits per heavy atom. The largest absolute Gasteiger partial charge is 1.00 e. The van der Waals surface area contributed by atoms with Crippen molar-refractivity contribution < 1.29 is 103 Å². The van der Waals surface area contributed by atoms with Gasteiger partial charge in [0.15, 0.2) is 11.6 Å². The molecule has 0 bridgehead atoms. The molecule has 0 heterocycles. The smallest absolute Gasteiger partial charge is 0.744 e. The van der Waals surface area contributed by atoms with Crippen LogP contribution in [0.2, 0.25) is 0 Å². The van der Waals surface area contributed by atoms with Gasteiger partial charge in [-0.3, -0.25) is 0 Å². The van der Waals surface area contributed by atoms with Crippen LogP contribution in [-0.4, -0.2) is 25.9 Å². The maximum Gasteiger partial charge on any atom is 1.00 e. The SMILES string of the molecule is O=S(=O)([O-])c1c(F)c(Br)cc(F)c1-c1c(F)cc(Br)c(F)c1S(=O)(=O)[O-].[Na+].[Na+]. The number of halogens is 6. The number of hydrogen-bond donors (Lipinski definition) is 0. The molecule has 16 heteroatoms. The monoisotopic (exact) mass is 586 g/mol. The molecule has 0 fully saturated rings. The molecule has 0 aliphatic carbocycles. The Morgan fingerprint density at radius 1 is 0.679 bits per heavy atom. The zero-order chi connectivity index (χ0) is 20.2. The molecule has 0 N–H and O–H groups in total. The molecule has 6 nitrogen and oxygen atoms in total. The Kier molecular flexibility index (Phi) is 10.4. The van der Waals surface area contributed by atoms with E-state index in [4.69, 9.17) is 0 Å². The average Bonchev–Trinajstić information content (AvgIpc) is 2.44. The first-order valence-electron chi connectivity index (χ1n) is 5.95. The first-order chi connectivity index (χ1) is 11.7. The molecule has 0 aliphatic heterocycles. The maximum atomic E-state index is 14.3. The van der Waals surface area contributed by atoms with E-state index in [9.17, 15) is 43.5 Å². The summed E-state index contributed by atoms with van der Waals surface area (Å²) in [4.78, 5) is -3.98. The Hall–Kier alpha value is 0.940. The molecular formula is C12H2Br2F4Na2O6S2. The van der Waals surface area contributed by atoms with Crippen LogP contribution in [-0.2, 0) is 20.2 Å². The summed E-state index contributed by atoms with van der Waals surface area (Å²) in [6.45, 7) is 0. The second-order valence-electron chi connectivity index (χ2n) is 4.62. The molecule has 0 amide bonds. The van der Waals surface area contributed by atoms with E-state index in [0.29, 0.717) is 0 Å². The van der Waals surface area contributed by atoms with Crippen LogP contribution < -0.4 is 59.1 Å². The quantitative estimate of drug-likeness (QED) is 0.167. The van der Waals surface area contributed by atoms with Gasteiger partial charge in [-0.25, -0.2) is 34.4 Å². The topological polar surface area (TPSA) is 114 Å². The predicted molar refractivity (Wildman–Crippen MR) is 83.0 cm³/mol. The van der Waals surface area contributed by atoms with E-state index in [2.05, 4.69) is 31.9 Å². The van der Waals surface area contributed by atoms with Gasteiger partial charge in [0.25, 0.3) is 0 Å². The van der Waals surface area contributed by atoms with E-state index in [0.717, 1.165) is 0 Å². The molecule has 0 saturated heterocycles. The fourth-order valence-corrected chi connectivity index (χ4v) is 4.70. The van der Waals surface area contributed by atoms with Crippen molar-refractivity contribution in [3.8, 4) is 11.1 Å². The van der Waals surface area contributed by atoms with Crippen LogP contribution in [0.3, 0.4) is 0 Å². The van der Waals surface area contributed by atoms with Crippen molar-refractivity contribution in [1.29, 1.82) is 0 Å². The van der Waals surface area contributed by atoms with Crippen molar-refractivity contribution in [3.63, 3.8) is 0 Å². The zero-order valence-corrected chi connectivity index (χ0v) is 22.5. The van der Waals surface area contributed by atoms with Crippen molar-refractivity contribution in [1.82, 2.24) is 0 Å². The van der Waals surface area contributed by atoms with E-state index in [1.54, 1.807) is 0 Å². The van der Waals surface area contributed by atoms with Crippen molar-refractivity contribution in [2.45, 2.75) is 9.79 Å². The minimum absolute atomic E-state index is 0. The summed E-state index contributed by atoms with van der Waals surface area (Å²) in [5.41, 5.74) is -3.45.